The third-order valence-corrected chi connectivity index (χ3v) is 7.38. The van der Waals surface area contributed by atoms with Gasteiger partial charge in [0, 0.05) is 32.1 Å². The molecular weight excluding hydrogens is 394 g/mol. The Kier molecular flexibility index (Phi) is 7.13. The molecule has 2 saturated heterocycles. The number of nitrogens with one attached hydrogen (secondary N) is 1. The van der Waals surface area contributed by atoms with Crippen LogP contribution in [0.4, 0.5) is 0 Å². The van der Waals surface area contributed by atoms with Gasteiger partial charge in [-0.3, -0.25) is 9.59 Å². The number of amides is 2. The molecule has 9 heteroatoms. The largest absolute Gasteiger partial charge is 0.494 e. The molecule has 0 radical (unpaired) electrons. The van der Waals surface area contributed by atoms with Crippen molar-refractivity contribution >= 4 is 21.8 Å². The van der Waals surface area contributed by atoms with Gasteiger partial charge < -0.3 is 15.0 Å². The van der Waals surface area contributed by atoms with E-state index in [0.29, 0.717) is 25.2 Å². The third-order valence-electron chi connectivity index (χ3n) is 5.47. The molecule has 1 N–H and O–H groups in total. The molecule has 2 amide bonds. The molecule has 0 unspecified atom stereocenters. The highest BCUT2D eigenvalue weighted by molar-refractivity contribution is 7.89. The molecule has 1 aromatic rings. The Morgan fingerprint density at radius 1 is 1.07 bits per heavy atom. The first-order valence-corrected chi connectivity index (χ1v) is 11.6. The molecule has 0 bridgehead atoms. The van der Waals surface area contributed by atoms with E-state index >= 15 is 0 Å². The highest BCUT2D eigenvalue weighted by atomic mass is 32.2. The molecule has 2 heterocycles. The van der Waals surface area contributed by atoms with E-state index in [1.807, 2.05) is 6.92 Å². The van der Waals surface area contributed by atoms with Gasteiger partial charge in [-0.25, -0.2) is 8.42 Å². The predicted molar refractivity (Wildman–Crippen MR) is 108 cm³/mol. The molecule has 2 aliphatic heterocycles. The van der Waals surface area contributed by atoms with Crippen LogP contribution in [-0.2, 0) is 19.6 Å². The Morgan fingerprint density at radius 2 is 1.69 bits per heavy atom. The van der Waals surface area contributed by atoms with Gasteiger partial charge in [0.25, 0.3) is 0 Å². The summed E-state index contributed by atoms with van der Waals surface area (Å²) in [5, 5.41) is 2.72. The SMILES string of the molecule is CCOc1ccc(S(=O)(=O)N2CCC(C(=O)NCC(=O)N3CCCC3)CC2)cc1. The lowest BCUT2D eigenvalue weighted by Gasteiger charge is -2.30. The maximum Gasteiger partial charge on any atom is 0.243 e. The van der Waals surface area contributed by atoms with Crippen LogP contribution in [0.3, 0.4) is 0 Å². The number of rotatable bonds is 7. The van der Waals surface area contributed by atoms with Crippen LogP contribution in [0.5, 0.6) is 5.75 Å². The predicted octanol–water partition coefficient (Wildman–Crippen LogP) is 1.22. The number of hydrogen-bond donors (Lipinski definition) is 1. The average molecular weight is 424 g/mol. The number of ether oxygens (including phenoxy) is 1. The Balaban J connectivity index is 1.49. The van der Waals surface area contributed by atoms with Crippen LogP contribution in [-0.4, -0.2) is 68.8 Å². The molecule has 1 aromatic carbocycles. The molecule has 0 aliphatic carbocycles. The summed E-state index contributed by atoms with van der Waals surface area (Å²) in [6.07, 6.45) is 2.92. The fourth-order valence-electron chi connectivity index (χ4n) is 3.77. The summed E-state index contributed by atoms with van der Waals surface area (Å²) < 4.78 is 32.4. The van der Waals surface area contributed by atoms with Gasteiger partial charge in [-0.1, -0.05) is 0 Å². The van der Waals surface area contributed by atoms with E-state index in [9.17, 15) is 18.0 Å². The van der Waals surface area contributed by atoms with Crippen molar-refractivity contribution in [2.75, 3.05) is 39.3 Å². The van der Waals surface area contributed by atoms with Crippen LogP contribution >= 0.6 is 0 Å². The quantitative estimate of drug-likeness (QED) is 0.712. The third kappa shape index (κ3) is 5.27. The minimum absolute atomic E-state index is 0.0174. The Bertz CT molecular complexity index is 811. The van der Waals surface area contributed by atoms with Gasteiger partial charge in [0.05, 0.1) is 18.0 Å². The molecule has 160 valence electrons. The Hall–Kier alpha value is -2.13. The van der Waals surface area contributed by atoms with Gasteiger partial charge in [0.15, 0.2) is 0 Å². The second kappa shape index (κ2) is 9.58. The molecule has 0 spiro atoms. The summed E-state index contributed by atoms with van der Waals surface area (Å²) in [4.78, 5) is 26.4. The van der Waals surface area contributed by atoms with Crippen LogP contribution in [0.25, 0.3) is 0 Å². The number of likely N-dealkylation sites (tertiary alicyclic amines) is 1. The van der Waals surface area contributed by atoms with E-state index in [0.717, 1.165) is 25.9 Å². The van der Waals surface area contributed by atoms with E-state index in [2.05, 4.69) is 5.32 Å². The van der Waals surface area contributed by atoms with Crippen molar-refractivity contribution in [2.24, 2.45) is 5.92 Å². The van der Waals surface area contributed by atoms with E-state index < -0.39 is 10.0 Å². The Morgan fingerprint density at radius 3 is 2.28 bits per heavy atom. The van der Waals surface area contributed by atoms with Crippen LogP contribution in [0.2, 0.25) is 0 Å². The van der Waals surface area contributed by atoms with Crippen LogP contribution in [0.1, 0.15) is 32.6 Å². The van der Waals surface area contributed by atoms with Crippen LogP contribution in [0.15, 0.2) is 29.2 Å². The van der Waals surface area contributed by atoms with Gasteiger partial charge in [-0.2, -0.15) is 4.31 Å². The summed E-state index contributed by atoms with van der Waals surface area (Å²) >= 11 is 0. The topological polar surface area (TPSA) is 96.0 Å². The number of piperidine rings is 1. The molecule has 0 aromatic heterocycles. The minimum Gasteiger partial charge on any atom is -0.494 e. The smallest absolute Gasteiger partial charge is 0.243 e. The summed E-state index contributed by atoms with van der Waals surface area (Å²) in [5.74, 6) is 0.139. The van der Waals surface area contributed by atoms with Crippen molar-refractivity contribution in [1.29, 1.82) is 0 Å². The van der Waals surface area contributed by atoms with Gasteiger partial charge in [0.2, 0.25) is 21.8 Å². The zero-order valence-corrected chi connectivity index (χ0v) is 17.6. The van der Waals surface area contributed by atoms with E-state index in [1.54, 1.807) is 29.2 Å². The molecule has 0 atom stereocenters. The molecule has 3 rings (SSSR count). The number of hydrogen-bond acceptors (Lipinski definition) is 5. The van der Waals surface area contributed by atoms with Crippen LogP contribution in [0, 0.1) is 5.92 Å². The fraction of sp³-hybridized carbons (Fsp3) is 0.600. The molecule has 2 aliphatic rings. The second-order valence-electron chi connectivity index (χ2n) is 7.39. The van der Waals surface area contributed by atoms with Crippen molar-refractivity contribution in [1.82, 2.24) is 14.5 Å². The van der Waals surface area contributed by atoms with Crippen LogP contribution < -0.4 is 10.1 Å². The first-order valence-electron chi connectivity index (χ1n) is 10.2. The van der Waals surface area contributed by atoms with Crippen molar-refractivity contribution in [3.63, 3.8) is 0 Å². The van der Waals surface area contributed by atoms with Crippen molar-refractivity contribution < 1.29 is 22.7 Å². The number of carbonyl (C=O) groups is 2. The van der Waals surface area contributed by atoms with Gasteiger partial charge in [-0.05, 0) is 56.9 Å². The highest BCUT2D eigenvalue weighted by Crippen LogP contribution is 2.25. The maximum atomic E-state index is 12.8. The molecule has 0 saturated carbocycles. The summed E-state index contributed by atoms with van der Waals surface area (Å²) in [5.41, 5.74) is 0. The normalized spacial score (nSPS) is 18.6. The van der Waals surface area contributed by atoms with Crippen molar-refractivity contribution in [3.8, 4) is 5.75 Å². The fourth-order valence-corrected chi connectivity index (χ4v) is 5.24. The zero-order chi connectivity index (χ0) is 20.9. The lowest BCUT2D eigenvalue weighted by molar-refractivity contribution is -0.133. The maximum absolute atomic E-state index is 12.8. The number of carbonyl (C=O) groups excluding carboxylic acids is 2. The van der Waals surface area contributed by atoms with E-state index in [1.165, 1.54) is 4.31 Å². The minimum atomic E-state index is -3.59. The summed E-state index contributed by atoms with van der Waals surface area (Å²) in [6, 6.07) is 6.38. The van der Waals surface area contributed by atoms with Crippen molar-refractivity contribution in [3.05, 3.63) is 24.3 Å². The molecule has 2 fully saturated rings. The van der Waals surface area contributed by atoms with E-state index in [-0.39, 0.29) is 42.3 Å². The standard InChI is InChI=1S/C20H29N3O5S/c1-2-28-17-5-7-18(8-6-17)29(26,27)23-13-9-16(10-14-23)20(25)21-15-19(24)22-11-3-4-12-22/h5-8,16H,2-4,9-15H2,1H3,(H,21,25). The molecule has 29 heavy (non-hydrogen) atoms. The summed E-state index contributed by atoms with van der Waals surface area (Å²) in [6.45, 7) is 4.50. The highest BCUT2D eigenvalue weighted by Gasteiger charge is 2.32. The van der Waals surface area contributed by atoms with Crippen molar-refractivity contribution in [2.45, 2.75) is 37.5 Å². The number of benzene rings is 1. The van der Waals surface area contributed by atoms with Gasteiger partial charge >= 0.3 is 0 Å². The summed E-state index contributed by atoms with van der Waals surface area (Å²) in [7, 11) is -3.59. The van der Waals surface area contributed by atoms with Gasteiger partial charge in [-0.15, -0.1) is 0 Å². The lowest BCUT2D eigenvalue weighted by Crippen LogP contribution is -2.45. The van der Waals surface area contributed by atoms with Gasteiger partial charge in [0.1, 0.15) is 5.75 Å². The van der Waals surface area contributed by atoms with E-state index in [4.69, 9.17) is 4.74 Å². The Labute approximate surface area is 172 Å². The number of sulfonamides is 1. The zero-order valence-electron chi connectivity index (χ0n) is 16.8. The average Bonchev–Trinajstić information content (AvgIpc) is 3.27. The molecule has 8 nitrogen and oxygen atoms in total. The first-order chi connectivity index (χ1) is 13.9. The molecular formula is C20H29N3O5S. The lowest BCUT2D eigenvalue weighted by atomic mass is 9.97. The first kappa shape index (κ1) is 21.6. The monoisotopic (exact) mass is 423 g/mol. The second-order valence-corrected chi connectivity index (χ2v) is 9.33. The number of nitrogens with zero attached hydrogens (tertiary/aromatic N) is 2.